The first kappa shape index (κ1) is 15.1. The van der Waals surface area contributed by atoms with Crippen LogP contribution in [0.4, 0.5) is 0 Å². The van der Waals surface area contributed by atoms with Crippen LogP contribution in [-0.2, 0) is 18.3 Å². The minimum atomic E-state index is 0.382. The van der Waals surface area contributed by atoms with Crippen molar-refractivity contribution in [2.24, 2.45) is 12.0 Å². The molecule has 0 amide bonds. The van der Waals surface area contributed by atoms with Crippen LogP contribution in [0.1, 0.15) is 25.5 Å². The predicted octanol–water partition coefficient (Wildman–Crippen LogP) is 0.371. The fraction of sp³-hybridized carbons (Fsp3) is 0.471. The zero-order valence-electron chi connectivity index (χ0n) is 14.1. The normalized spacial score (nSPS) is 19.2. The number of fused-ring (bicyclic) bond motifs is 3. The van der Waals surface area contributed by atoms with Gasteiger partial charge in [-0.05, 0) is 26.5 Å². The van der Waals surface area contributed by atoms with Gasteiger partial charge in [0, 0.05) is 31.9 Å². The van der Waals surface area contributed by atoms with Gasteiger partial charge in [-0.3, -0.25) is 9.78 Å². The highest BCUT2D eigenvalue weighted by Crippen LogP contribution is 2.29. The smallest absolute Gasteiger partial charge is 0.140 e. The zero-order valence-corrected chi connectivity index (χ0v) is 14.1. The fourth-order valence-electron chi connectivity index (χ4n) is 3.68. The van der Waals surface area contributed by atoms with Crippen molar-refractivity contribution in [3.05, 3.63) is 22.5 Å². The summed E-state index contributed by atoms with van der Waals surface area (Å²) in [5.74, 6) is 0.898. The molecule has 2 aromatic rings. The first-order chi connectivity index (χ1) is 11.7. The number of aryl methyl sites for hydroxylation is 1. The Bertz CT molecular complexity index is 887. The molecule has 24 heavy (non-hydrogen) atoms. The summed E-state index contributed by atoms with van der Waals surface area (Å²) in [5.41, 5.74) is 3.12. The molecule has 1 fully saturated rings. The van der Waals surface area contributed by atoms with Gasteiger partial charge in [0.15, 0.2) is 0 Å². The van der Waals surface area contributed by atoms with E-state index in [0.29, 0.717) is 6.04 Å². The van der Waals surface area contributed by atoms with Crippen LogP contribution in [-0.4, -0.2) is 50.9 Å². The van der Waals surface area contributed by atoms with Gasteiger partial charge in [0.1, 0.15) is 11.5 Å². The molecule has 1 saturated heterocycles. The quantitative estimate of drug-likeness (QED) is 0.810. The molecular formula is C17H22N6O. The number of aliphatic imine (C=N–C) groups is 1. The highest BCUT2D eigenvalue weighted by molar-refractivity contribution is 5.68. The molecule has 2 aliphatic heterocycles. The molecular weight excluding hydrogens is 304 g/mol. The van der Waals surface area contributed by atoms with Gasteiger partial charge < -0.3 is 9.64 Å². The minimum absolute atomic E-state index is 0.382. The number of hydrogen-bond donors (Lipinski definition) is 1. The summed E-state index contributed by atoms with van der Waals surface area (Å²) in [6.07, 6.45) is 5.90. The van der Waals surface area contributed by atoms with Crippen LogP contribution < -0.4 is 10.6 Å². The van der Waals surface area contributed by atoms with Gasteiger partial charge in [-0.15, -0.1) is 0 Å². The Labute approximate surface area is 140 Å². The van der Waals surface area contributed by atoms with Gasteiger partial charge in [0.2, 0.25) is 0 Å². The highest BCUT2D eigenvalue weighted by atomic mass is 16.5. The predicted molar refractivity (Wildman–Crippen MR) is 92.5 cm³/mol. The van der Waals surface area contributed by atoms with Crippen molar-refractivity contribution in [1.82, 2.24) is 24.9 Å². The molecule has 2 aromatic heterocycles. The van der Waals surface area contributed by atoms with E-state index < -0.39 is 0 Å². The SMILES string of the molecule is C=NC1=c2c(n[nH]/c2=C/C)-c2cnn(C)c2CN1C1CCOCC1. The van der Waals surface area contributed by atoms with Crippen molar-refractivity contribution in [1.29, 1.82) is 0 Å². The van der Waals surface area contributed by atoms with Crippen LogP contribution in [0, 0.1) is 0 Å². The number of nitrogens with zero attached hydrogens (tertiary/aromatic N) is 5. The van der Waals surface area contributed by atoms with Gasteiger partial charge in [0.05, 0.1) is 29.0 Å². The van der Waals surface area contributed by atoms with E-state index in [4.69, 9.17) is 4.74 Å². The third-order valence-corrected chi connectivity index (χ3v) is 5.00. The molecule has 2 aliphatic rings. The average molecular weight is 326 g/mol. The Morgan fingerprint density at radius 3 is 2.92 bits per heavy atom. The Balaban J connectivity index is 2.01. The molecule has 1 N–H and O–H groups in total. The van der Waals surface area contributed by atoms with E-state index in [-0.39, 0.29) is 0 Å². The van der Waals surface area contributed by atoms with Gasteiger partial charge >= 0.3 is 0 Å². The number of ether oxygens (including phenoxy) is 1. The van der Waals surface area contributed by atoms with Gasteiger partial charge in [0.25, 0.3) is 0 Å². The molecule has 126 valence electrons. The first-order valence-corrected chi connectivity index (χ1v) is 8.32. The zero-order chi connectivity index (χ0) is 16.7. The lowest BCUT2D eigenvalue weighted by molar-refractivity contribution is 0.0494. The first-order valence-electron chi connectivity index (χ1n) is 8.32. The van der Waals surface area contributed by atoms with Gasteiger partial charge in [-0.25, -0.2) is 4.99 Å². The lowest BCUT2D eigenvalue weighted by atomic mass is 10.1. The van der Waals surface area contributed by atoms with Crippen LogP contribution in [0.15, 0.2) is 11.2 Å². The van der Waals surface area contributed by atoms with E-state index in [1.165, 1.54) is 0 Å². The second kappa shape index (κ2) is 5.90. The molecule has 0 aliphatic carbocycles. The third-order valence-electron chi connectivity index (χ3n) is 5.00. The Morgan fingerprint density at radius 2 is 2.21 bits per heavy atom. The van der Waals surface area contributed by atoms with Gasteiger partial charge in [-0.1, -0.05) is 6.08 Å². The molecule has 4 heterocycles. The number of aromatic nitrogens is 4. The number of rotatable bonds is 2. The molecule has 0 bridgehead atoms. The Kier molecular flexibility index (Phi) is 3.72. The molecule has 4 rings (SSSR count). The van der Waals surface area contributed by atoms with Crippen LogP contribution in [0.3, 0.4) is 0 Å². The molecule has 0 unspecified atom stereocenters. The van der Waals surface area contributed by atoms with Crippen molar-refractivity contribution in [3.63, 3.8) is 0 Å². The van der Waals surface area contributed by atoms with E-state index in [1.807, 2.05) is 30.9 Å². The van der Waals surface area contributed by atoms with E-state index in [0.717, 1.165) is 65.9 Å². The summed E-state index contributed by atoms with van der Waals surface area (Å²) >= 11 is 0. The molecule has 0 spiro atoms. The third kappa shape index (κ3) is 2.19. The average Bonchev–Trinajstić information content (AvgIpc) is 3.15. The van der Waals surface area contributed by atoms with E-state index in [2.05, 4.69) is 31.9 Å². The summed E-state index contributed by atoms with van der Waals surface area (Å²) in [7, 11) is 1.98. The van der Waals surface area contributed by atoms with Crippen molar-refractivity contribution in [2.45, 2.75) is 32.4 Å². The monoisotopic (exact) mass is 326 g/mol. The summed E-state index contributed by atoms with van der Waals surface area (Å²) in [6.45, 7) is 8.19. The highest BCUT2D eigenvalue weighted by Gasteiger charge is 2.30. The van der Waals surface area contributed by atoms with E-state index in [9.17, 15) is 0 Å². The maximum atomic E-state index is 5.54. The minimum Gasteiger partial charge on any atom is -0.381 e. The van der Waals surface area contributed by atoms with Crippen molar-refractivity contribution in [3.8, 4) is 11.3 Å². The van der Waals surface area contributed by atoms with Crippen LogP contribution >= 0.6 is 0 Å². The van der Waals surface area contributed by atoms with Crippen LogP contribution in [0.5, 0.6) is 0 Å². The van der Waals surface area contributed by atoms with Crippen molar-refractivity contribution in [2.75, 3.05) is 13.2 Å². The lowest BCUT2D eigenvalue weighted by Crippen LogP contribution is -2.41. The molecule has 0 aromatic carbocycles. The molecule has 0 atom stereocenters. The standard InChI is InChI=1S/C17H22N6O/c1-4-13-15-16(21-20-13)12-9-19-22(3)14(12)10-23(17(15)18-2)11-5-7-24-8-6-11/h4,9,11,20H,2,5-8,10H2,1,3H3/b13-4+. The lowest BCUT2D eigenvalue weighted by Gasteiger charge is -2.35. The fourth-order valence-corrected chi connectivity index (χ4v) is 3.68. The Hall–Kier alpha value is -2.41. The molecule has 7 heteroatoms. The summed E-state index contributed by atoms with van der Waals surface area (Å²) in [4.78, 5) is 6.77. The van der Waals surface area contributed by atoms with Crippen LogP contribution in [0.25, 0.3) is 23.2 Å². The summed E-state index contributed by atoms with van der Waals surface area (Å²) in [6, 6.07) is 0.382. The number of aromatic amines is 1. The summed E-state index contributed by atoms with van der Waals surface area (Å²) in [5, 5.41) is 14.1. The maximum absolute atomic E-state index is 5.54. The maximum Gasteiger partial charge on any atom is 0.140 e. The van der Waals surface area contributed by atoms with Crippen molar-refractivity contribution >= 4 is 18.6 Å². The van der Waals surface area contributed by atoms with Crippen LogP contribution in [0.2, 0.25) is 0 Å². The Morgan fingerprint density at radius 1 is 1.42 bits per heavy atom. The summed E-state index contributed by atoms with van der Waals surface area (Å²) < 4.78 is 7.48. The molecule has 7 nitrogen and oxygen atoms in total. The number of H-pyrrole nitrogens is 1. The van der Waals surface area contributed by atoms with Crippen molar-refractivity contribution < 1.29 is 4.74 Å². The van der Waals surface area contributed by atoms with E-state index in [1.54, 1.807) is 0 Å². The molecule has 0 saturated carbocycles. The number of hydrogen-bond acceptors (Lipinski definition) is 5. The second-order valence-corrected chi connectivity index (χ2v) is 6.23. The topological polar surface area (TPSA) is 71.3 Å². The number of nitrogens with one attached hydrogen (secondary N) is 1. The largest absolute Gasteiger partial charge is 0.381 e. The molecule has 0 radical (unpaired) electrons. The van der Waals surface area contributed by atoms with E-state index >= 15 is 0 Å². The second-order valence-electron chi connectivity index (χ2n) is 6.23. The van der Waals surface area contributed by atoms with Gasteiger partial charge in [-0.2, -0.15) is 10.2 Å².